The van der Waals surface area contributed by atoms with E-state index in [1.165, 1.54) is 89.9 Å². The maximum absolute atomic E-state index is 12.8. The first-order valence-corrected chi connectivity index (χ1v) is 27.7. The van der Waals surface area contributed by atoms with Crippen LogP contribution in [0.25, 0.3) is 0 Å². The number of carbonyl (C=O) groups is 3. The number of unbranched alkanes of at least 4 members (excludes halogenated alkanes) is 22. The molecule has 0 aromatic carbocycles. The molecule has 0 saturated carbocycles. The normalized spacial score (nSPS) is 12.8. The van der Waals surface area contributed by atoms with Gasteiger partial charge in [0.25, 0.3) is 0 Å². The van der Waals surface area contributed by atoms with Crippen LogP contribution in [0.4, 0.5) is 0 Å². The van der Waals surface area contributed by atoms with E-state index in [1.54, 1.807) is 0 Å². The van der Waals surface area contributed by atoms with Gasteiger partial charge in [0, 0.05) is 19.3 Å². The van der Waals surface area contributed by atoms with Crippen molar-refractivity contribution >= 4 is 17.9 Å². The van der Waals surface area contributed by atoms with Crippen LogP contribution in [-0.4, -0.2) is 37.2 Å². The third-order valence-corrected chi connectivity index (χ3v) is 11.5. The molecule has 382 valence electrons. The van der Waals surface area contributed by atoms with Crippen molar-refractivity contribution in [2.24, 2.45) is 0 Å². The smallest absolute Gasteiger partial charge is 0.306 e. The van der Waals surface area contributed by atoms with E-state index in [4.69, 9.17) is 14.2 Å². The number of rotatable bonds is 49. The lowest BCUT2D eigenvalue weighted by atomic mass is 10.1. The van der Waals surface area contributed by atoms with Crippen LogP contribution in [0.1, 0.15) is 252 Å². The molecule has 67 heavy (non-hydrogen) atoms. The summed E-state index contributed by atoms with van der Waals surface area (Å²) in [5.74, 6) is -0.961. The fourth-order valence-corrected chi connectivity index (χ4v) is 7.37. The lowest BCUT2D eigenvalue weighted by molar-refractivity contribution is -0.167. The van der Waals surface area contributed by atoms with Crippen LogP contribution in [0.5, 0.6) is 0 Å². The van der Waals surface area contributed by atoms with E-state index in [2.05, 4.69) is 118 Å². The minimum Gasteiger partial charge on any atom is -0.462 e. The molecule has 0 spiro atoms. The third-order valence-electron chi connectivity index (χ3n) is 11.5. The first-order valence-electron chi connectivity index (χ1n) is 27.7. The van der Waals surface area contributed by atoms with Gasteiger partial charge in [0.15, 0.2) is 6.10 Å². The van der Waals surface area contributed by atoms with Crippen molar-refractivity contribution in [3.63, 3.8) is 0 Å². The zero-order valence-corrected chi connectivity index (χ0v) is 43.6. The van der Waals surface area contributed by atoms with Gasteiger partial charge in [-0.2, -0.15) is 0 Å². The van der Waals surface area contributed by atoms with Crippen molar-refractivity contribution < 1.29 is 28.6 Å². The first-order chi connectivity index (χ1) is 33.0. The summed E-state index contributed by atoms with van der Waals surface area (Å²) in [6.07, 6.45) is 72.5. The highest BCUT2D eigenvalue weighted by molar-refractivity contribution is 5.71. The fraction of sp³-hybridized carbons (Fsp3) is 0.689. The second kappa shape index (κ2) is 54.9. The predicted molar refractivity (Wildman–Crippen MR) is 288 cm³/mol. The minimum absolute atomic E-state index is 0.0995. The zero-order chi connectivity index (χ0) is 48.6. The molecule has 0 aliphatic rings. The first kappa shape index (κ1) is 63.3. The molecule has 0 saturated heterocycles. The van der Waals surface area contributed by atoms with Gasteiger partial charge in [0.2, 0.25) is 0 Å². The van der Waals surface area contributed by atoms with Gasteiger partial charge >= 0.3 is 17.9 Å². The Morgan fingerprint density at radius 2 is 0.582 bits per heavy atom. The third kappa shape index (κ3) is 53.2. The number of allylic oxidation sites excluding steroid dienone is 16. The fourth-order valence-electron chi connectivity index (χ4n) is 7.37. The molecule has 0 aliphatic heterocycles. The highest BCUT2D eigenvalue weighted by Crippen LogP contribution is 2.13. The Bertz CT molecular complexity index is 1350. The van der Waals surface area contributed by atoms with Gasteiger partial charge < -0.3 is 14.2 Å². The largest absolute Gasteiger partial charge is 0.462 e. The molecular formula is C61H102O6. The molecule has 0 fully saturated rings. The van der Waals surface area contributed by atoms with E-state index in [0.717, 1.165) is 122 Å². The number of hydrogen-bond donors (Lipinski definition) is 0. The van der Waals surface area contributed by atoms with E-state index < -0.39 is 6.10 Å². The van der Waals surface area contributed by atoms with E-state index in [9.17, 15) is 14.4 Å². The summed E-state index contributed by atoms with van der Waals surface area (Å²) >= 11 is 0. The summed E-state index contributed by atoms with van der Waals surface area (Å²) in [6.45, 7) is 6.45. The summed E-state index contributed by atoms with van der Waals surface area (Å²) in [6, 6.07) is 0. The Morgan fingerprint density at radius 1 is 0.313 bits per heavy atom. The highest BCUT2D eigenvalue weighted by Gasteiger charge is 2.19. The number of esters is 3. The number of ether oxygens (including phenoxy) is 3. The molecule has 1 unspecified atom stereocenters. The maximum atomic E-state index is 12.8. The number of hydrogen-bond acceptors (Lipinski definition) is 6. The molecule has 0 amide bonds. The topological polar surface area (TPSA) is 78.9 Å². The van der Waals surface area contributed by atoms with Crippen LogP contribution in [0.2, 0.25) is 0 Å². The van der Waals surface area contributed by atoms with E-state index >= 15 is 0 Å². The maximum Gasteiger partial charge on any atom is 0.306 e. The average Bonchev–Trinajstić information content (AvgIpc) is 3.33. The van der Waals surface area contributed by atoms with Gasteiger partial charge in [-0.1, -0.05) is 208 Å². The van der Waals surface area contributed by atoms with E-state index in [1.807, 2.05) is 0 Å². The lowest BCUT2D eigenvalue weighted by Crippen LogP contribution is -2.30. The van der Waals surface area contributed by atoms with Gasteiger partial charge in [0.05, 0.1) is 0 Å². The summed E-state index contributed by atoms with van der Waals surface area (Å²) < 4.78 is 16.8. The second-order valence-electron chi connectivity index (χ2n) is 18.1. The van der Waals surface area contributed by atoms with Crippen LogP contribution in [0.15, 0.2) is 97.2 Å². The van der Waals surface area contributed by atoms with Crippen LogP contribution in [0.3, 0.4) is 0 Å². The zero-order valence-electron chi connectivity index (χ0n) is 43.6. The molecule has 0 aliphatic carbocycles. The van der Waals surface area contributed by atoms with Crippen molar-refractivity contribution in [3.8, 4) is 0 Å². The van der Waals surface area contributed by atoms with E-state index in [-0.39, 0.29) is 31.1 Å². The molecule has 0 aromatic heterocycles. The summed E-state index contributed by atoms with van der Waals surface area (Å²) in [4.78, 5) is 38.1. The monoisotopic (exact) mass is 931 g/mol. The second-order valence-corrected chi connectivity index (χ2v) is 18.1. The van der Waals surface area contributed by atoms with Crippen molar-refractivity contribution in [3.05, 3.63) is 97.2 Å². The summed E-state index contributed by atoms with van der Waals surface area (Å²) in [5.41, 5.74) is 0. The molecule has 0 N–H and O–H groups in total. The molecular weight excluding hydrogens is 829 g/mol. The highest BCUT2D eigenvalue weighted by atomic mass is 16.6. The quantitative estimate of drug-likeness (QED) is 0.0262. The Morgan fingerprint density at radius 3 is 0.970 bits per heavy atom. The Labute approximate surface area is 413 Å². The molecule has 1 atom stereocenters. The van der Waals surface area contributed by atoms with Crippen LogP contribution >= 0.6 is 0 Å². The average molecular weight is 931 g/mol. The Hall–Kier alpha value is -3.67. The van der Waals surface area contributed by atoms with Crippen molar-refractivity contribution in [1.29, 1.82) is 0 Å². The molecule has 0 rings (SSSR count). The van der Waals surface area contributed by atoms with Gasteiger partial charge in [-0.3, -0.25) is 14.4 Å². The van der Waals surface area contributed by atoms with Crippen LogP contribution in [0, 0.1) is 0 Å². The molecule has 6 nitrogen and oxygen atoms in total. The molecule has 0 heterocycles. The standard InChI is InChI=1S/C61H102O6/c1-4-7-10-13-16-19-22-25-27-28-29-30-31-32-34-36-39-42-45-48-51-54-60(63)66-57-58(56-65-59(62)53-50-47-44-41-38-35-24-21-18-15-12-9-6-3)67-61(64)55-52-49-46-43-40-37-33-26-23-20-17-14-11-8-5-2/h7,10,16,19,21,24-27,29-30,32-34,39,42,58H,4-6,8-9,11-15,17-18,20,22-23,28,31,35-38,40-41,43-57H2,1-3H3/b10-7-,19-16-,24-21-,27-25-,30-29-,33-26-,34-32-,42-39-. The summed E-state index contributed by atoms with van der Waals surface area (Å²) in [5, 5.41) is 0. The van der Waals surface area contributed by atoms with Crippen molar-refractivity contribution in [2.75, 3.05) is 13.2 Å². The number of carbonyl (C=O) groups excluding carboxylic acids is 3. The summed E-state index contributed by atoms with van der Waals surface area (Å²) in [7, 11) is 0. The van der Waals surface area contributed by atoms with Gasteiger partial charge in [-0.15, -0.1) is 0 Å². The van der Waals surface area contributed by atoms with Gasteiger partial charge in [0.1, 0.15) is 13.2 Å². The predicted octanol–water partition coefficient (Wildman–Crippen LogP) is 18.5. The molecule has 0 aromatic rings. The van der Waals surface area contributed by atoms with Crippen LogP contribution in [-0.2, 0) is 28.6 Å². The lowest BCUT2D eigenvalue weighted by Gasteiger charge is -2.18. The van der Waals surface area contributed by atoms with Gasteiger partial charge in [-0.25, -0.2) is 0 Å². The van der Waals surface area contributed by atoms with Crippen molar-refractivity contribution in [2.45, 2.75) is 258 Å². The minimum atomic E-state index is -0.804. The van der Waals surface area contributed by atoms with E-state index in [0.29, 0.717) is 19.3 Å². The Balaban J connectivity index is 4.48. The van der Waals surface area contributed by atoms with Crippen molar-refractivity contribution in [1.82, 2.24) is 0 Å². The molecule has 0 bridgehead atoms. The molecule has 0 radical (unpaired) electrons. The van der Waals surface area contributed by atoms with Gasteiger partial charge in [-0.05, 0) is 122 Å². The SMILES string of the molecule is CC/C=C\C/C=C\C/C=C\C/C=C\C/C=C\C/C=C\CCCCC(=O)OCC(COC(=O)CCCCCCC/C=C\CCCCCC)OC(=O)CCCCCCC/C=C\CCCCCCCC. The molecule has 6 heteroatoms. The Kier molecular flexibility index (Phi) is 51.9. The van der Waals surface area contributed by atoms with Crippen LogP contribution < -0.4 is 0 Å².